The number of rotatable bonds is 4. The van der Waals surface area contributed by atoms with Gasteiger partial charge in [0.05, 0.1) is 0 Å². The average Bonchev–Trinajstić information content (AvgIpc) is 2.16. The van der Waals surface area contributed by atoms with Gasteiger partial charge in [-0.25, -0.2) is 9.79 Å². The van der Waals surface area contributed by atoms with Crippen LogP contribution >= 0.6 is 7.72 Å². The molecule has 0 bridgehead atoms. The molecular formula is C10H20O3P+. The van der Waals surface area contributed by atoms with Gasteiger partial charge < -0.3 is 5.11 Å². The van der Waals surface area contributed by atoms with Crippen molar-refractivity contribution in [3.63, 3.8) is 0 Å². The Balaban J connectivity index is 2.45. The van der Waals surface area contributed by atoms with Gasteiger partial charge in [0.15, 0.2) is 0 Å². The molecule has 0 atom stereocenters. The Hall–Kier alpha value is 0.0500. The van der Waals surface area contributed by atoms with Gasteiger partial charge in [0.25, 0.3) is 7.72 Å². The highest BCUT2D eigenvalue weighted by Gasteiger charge is 2.30. The van der Waals surface area contributed by atoms with Crippen LogP contribution in [0.25, 0.3) is 0 Å². The lowest BCUT2D eigenvalue weighted by atomic mass is 9.96. The molecule has 1 rings (SSSR count). The highest BCUT2D eigenvalue weighted by Crippen LogP contribution is 2.53. The zero-order chi connectivity index (χ0) is 10.4. The van der Waals surface area contributed by atoms with Crippen molar-refractivity contribution in [1.82, 2.24) is 0 Å². The molecule has 0 amide bonds. The molecule has 82 valence electrons. The van der Waals surface area contributed by atoms with E-state index in [-0.39, 0.29) is 6.61 Å². The van der Waals surface area contributed by atoms with Crippen molar-refractivity contribution in [2.24, 2.45) is 0 Å². The summed E-state index contributed by atoms with van der Waals surface area (Å²) in [5.74, 6) is 1.68. The lowest BCUT2D eigenvalue weighted by molar-refractivity contribution is 0.293. The molecule has 3 N–H and O–H groups in total. The number of hydrogen-bond donors (Lipinski definition) is 3. The van der Waals surface area contributed by atoms with Gasteiger partial charge in [-0.2, -0.15) is 0 Å². The highest BCUT2D eigenvalue weighted by atomic mass is 31.2. The Morgan fingerprint density at radius 3 is 2.36 bits per heavy atom. The molecule has 0 aromatic rings. The molecule has 14 heavy (non-hydrogen) atoms. The van der Waals surface area contributed by atoms with Crippen LogP contribution in [0.15, 0.2) is 11.4 Å². The molecule has 4 heteroatoms. The van der Waals surface area contributed by atoms with Gasteiger partial charge in [-0.1, -0.05) is 6.42 Å². The number of aliphatic hydroxyl groups excluding tert-OH is 1. The van der Waals surface area contributed by atoms with E-state index in [4.69, 9.17) is 5.11 Å². The van der Waals surface area contributed by atoms with Crippen molar-refractivity contribution in [1.29, 1.82) is 0 Å². The molecule has 0 heterocycles. The van der Waals surface area contributed by atoms with Crippen LogP contribution in [0.2, 0.25) is 0 Å². The fourth-order valence-electron chi connectivity index (χ4n) is 1.80. The van der Waals surface area contributed by atoms with E-state index in [9.17, 15) is 9.79 Å². The quantitative estimate of drug-likeness (QED) is 0.634. The molecule has 1 fully saturated rings. The van der Waals surface area contributed by atoms with E-state index in [0.29, 0.717) is 12.6 Å². The van der Waals surface area contributed by atoms with Crippen LogP contribution in [0.1, 0.15) is 38.5 Å². The fraction of sp³-hybridized carbons (Fsp3) is 0.800. The first kappa shape index (κ1) is 12.1. The summed E-state index contributed by atoms with van der Waals surface area (Å²) in [6, 6.07) is 0. The summed E-state index contributed by atoms with van der Waals surface area (Å²) in [7, 11) is -2.85. The summed E-state index contributed by atoms with van der Waals surface area (Å²) in [5.41, 5.74) is 1.20. The first-order valence-electron chi connectivity index (χ1n) is 5.29. The van der Waals surface area contributed by atoms with E-state index in [1.807, 2.05) is 0 Å². The van der Waals surface area contributed by atoms with Crippen LogP contribution in [0.4, 0.5) is 0 Å². The molecule has 1 saturated carbocycles. The van der Waals surface area contributed by atoms with Gasteiger partial charge in [-0.3, -0.25) is 0 Å². The average molecular weight is 219 g/mol. The molecular weight excluding hydrogens is 199 g/mol. The Bertz CT molecular complexity index is 194. The summed E-state index contributed by atoms with van der Waals surface area (Å²) in [4.78, 5) is 19.4. The third-order valence-electron chi connectivity index (χ3n) is 2.53. The van der Waals surface area contributed by atoms with Crippen molar-refractivity contribution in [2.75, 3.05) is 12.8 Å². The molecule has 3 nitrogen and oxygen atoms in total. The molecule has 0 spiro atoms. The van der Waals surface area contributed by atoms with Crippen molar-refractivity contribution in [2.45, 2.75) is 38.5 Å². The van der Waals surface area contributed by atoms with E-state index in [0.717, 1.165) is 12.8 Å². The van der Waals surface area contributed by atoms with Crippen LogP contribution in [0.3, 0.4) is 0 Å². The topological polar surface area (TPSA) is 60.7 Å². The lowest BCUT2D eigenvalue weighted by Crippen LogP contribution is -2.00. The van der Waals surface area contributed by atoms with E-state index < -0.39 is 7.72 Å². The maximum absolute atomic E-state index is 9.68. The van der Waals surface area contributed by atoms with Gasteiger partial charge in [0, 0.05) is 13.0 Å². The van der Waals surface area contributed by atoms with Crippen molar-refractivity contribution in [3.8, 4) is 0 Å². The summed E-state index contributed by atoms with van der Waals surface area (Å²) in [5, 5.41) is 8.61. The monoisotopic (exact) mass is 219 g/mol. The molecule has 0 saturated heterocycles. The normalized spacial score (nSPS) is 18.4. The standard InChI is InChI=1S/C10H20O3P/c11-7-4-8-14(12,13)9-10-5-2-1-3-6-10/h9,11-13H,1-8H2/q+1. The van der Waals surface area contributed by atoms with Gasteiger partial charge in [0.1, 0.15) is 12.0 Å². The predicted octanol–water partition coefficient (Wildman–Crippen LogP) is 2.05. The molecule has 0 unspecified atom stereocenters. The zero-order valence-electron chi connectivity index (χ0n) is 8.52. The van der Waals surface area contributed by atoms with E-state index >= 15 is 0 Å². The minimum absolute atomic E-state index is 0.0338. The van der Waals surface area contributed by atoms with Gasteiger partial charge in [-0.05, 0) is 31.3 Å². The van der Waals surface area contributed by atoms with E-state index in [2.05, 4.69) is 0 Å². The van der Waals surface area contributed by atoms with Crippen molar-refractivity contribution < 1.29 is 14.9 Å². The second kappa shape index (κ2) is 5.82. The Kier molecular flexibility index (Phi) is 5.04. The van der Waals surface area contributed by atoms with E-state index in [1.165, 1.54) is 24.8 Å². The Morgan fingerprint density at radius 1 is 1.14 bits per heavy atom. The molecule has 0 aromatic carbocycles. The maximum Gasteiger partial charge on any atom is 0.292 e. The molecule has 1 aliphatic carbocycles. The van der Waals surface area contributed by atoms with Crippen molar-refractivity contribution >= 4 is 7.72 Å². The van der Waals surface area contributed by atoms with Crippen LogP contribution in [0.5, 0.6) is 0 Å². The van der Waals surface area contributed by atoms with E-state index in [1.54, 1.807) is 5.82 Å². The Morgan fingerprint density at radius 2 is 1.79 bits per heavy atom. The van der Waals surface area contributed by atoms with Gasteiger partial charge in [-0.15, -0.1) is 0 Å². The summed E-state index contributed by atoms with van der Waals surface area (Å²) in [6.07, 6.45) is 6.44. The predicted molar refractivity (Wildman–Crippen MR) is 59.1 cm³/mol. The summed E-state index contributed by atoms with van der Waals surface area (Å²) in [6.45, 7) is 0.0338. The van der Waals surface area contributed by atoms with Crippen LogP contribution < -0.4 is 0 Å². The third kappa shape index (κ3) is 4.52. The van der Waals surface area contributed by atoms with Crippen LogP contribution in [-0.2, 0) is 0 Å². The van der Waals surface area contributed by atoms with Crippen LogP contribution in [-0.4, -0.2) is 27.7 Å². The highest BCUT2D eigenvalue weighted by molar-refractivity contribution is 7.67. The van der Waals surface area contributed by atoms with Crippen LogP contribution in [0, 0.1) is 0 Å². The number of hydrogen-bond acceptors (Lipinski definition) is 3. The SMILES string of the molecule is OCCC[P+](O)(O)C=C1CCCCC1. The largest absolute Gasteiger partial charge is 0.396 e. The molecule has 0 radical (unpaired) electrons. The fourth-order valence-corrected chi connectivity index (χ4v) is 3.37. The van der Waals surface area contributed by atoms with Gasteiger partial charge in [0.2, 0.25) is 0 Å². The third-order valence-corrected chi connectivity index (χ3v) is 4.28. The maximum atomic E-state index is 9.68. The summed E-state index contributed by atoms with van der Waals surface area (Å²) >= 11 is 0. The van der Waals surface area contributed by atoms with Gasteiger partial charge >= 0.3 is 0 Å². The summed E-state index contributed by atoms with van der Waals surface area (Å²) < 4.78 is 0. The Labute approximate surface area is 86.0 Å². The first-order chi connectivity index (χ1) is 6.64. The first-order valence-corrected chi connectivity index (χ1v) is 7.24. The number of allylic oxidation sites excluding steroid dienone is 1. The molecule has 0 aliphatic heterocycles. The minimum Gasteiger partial charge on any atom is -0.396 e. The second-order valence-corrected chi connectivity index (χ2v) is 6.21. The smallest absolute Gasteiger partial charge is 0.292 e. The van der Waals surface area contributed by atoms with Crippen molar-refractivity contribution in [3.05, 3.63) is 11.4 Å². The zero-order valence-corrected chi connectivity index (χ0v) is 9.42. The lowest BCUT2D eigenvalue weighted by Gasteiger charge is -2.15. The molecule has 0 aromatic heterocycles. The number of aliphatic hydroxyl groups is 1. The minimum atomic E-state index is -2.85. The molecule has 1 aliphatic rings. The second-order valence-electron chi connectivity index (χ2n) is 3.93.